The van der Waals surface area contributed by atoms with Gasteiger partial charge >= 0.3 is 0 Å². The molecule has 1 N–H and O–H groups in total. The van der Waals surface area contributed by atoms with Crippen molar-refractivity contribution in [3.05, 3.63) is 11.6 Å². The van der Waals surface area contributed by atoms with Crippen LogP contribution in [0.1, 0.15) is 27.2 Å². The van der Waals surface area contributed by atoms with Gasteiger partial charge in [-0.2, -0.15) is 0 Å². The lowest BCUT2D eigenvalue weighted by atomic mass is 9.91. The average Bonchev–Trinajstić information content (AvgIpc) is 2.69. The molecule has 1 fully saturated rings. The minimum absolute atomic E-state index is 0.0410. The Morgan fingerprint density at radius 1 is 1.67 bits per heavy atom. The van der Waals surface area contributed by atoms with Crippen molar-refractivity contribution in [1.29, 1.82) is 0 Å². The molecule has 0 bridgehead atoms. The van der Waals surface area contributed by atoms with Crippen LogP contribution < -0.4 is 0 Å². The van der Waals surface area contributed by atoms with Crippen LogP contribution in [0.4, 0.5) is 0 Å². The topological polar surface area (TPSA) is 32.8 Å². The molecule has 0 spiro atoms. The summed E-state index contributed by atoms with van der Waals surface area (Å²) < 4.78 is 5.29. The number of allylic oxidation sites excluding steroid dienone is 2. The van der Waals surface area contributed by atoms with E-state index in [1.54, 1.807) is 0 Å². The smallest absolute Gasteiger partial charge is 0.0941 e. The molecule has 1 saturated heterocycles. The molecule has 12 heavy (non-hydrogen) atoms. The molecular weight excluding hydrogens is 152 g/mol. The van der Waals surface area contributed by atoms with E-state index in [9.17, 15) is 0 Å². The Morgan fingerprint density at radius 2 is 2.25 bits per heavy atom. The molecule has 2 atom stereocenters. The van der Waals surface area contributed by atoms with Crippen LogP contribution in [0.5, 0.6) is 0 Å². The second-order valence-electron chi connectivity index (χ2n) is 4.00. The van der Waals surface area contributed by atoms with Gasteiger partial charge in [-0.3, -0.25) is 0 Å². The Kier molecular flexibility index (Phi) is 2.91. The maximum absolute atomic E-state index is 9.11. The van der Waals surface area contributed by atoms with Gasteiger partial charge in [0, 0.05) is 12.5 Å². The van der Waals surface area contributed by atoms with E-state index in [0.29, 0.717) is 0 Å². The summed E-state index contributed by atoms with van der Waals surface area (Å²) in [4.78, 5) is 0. The van der Waals surface area contributed by atoms with Gasteiger partial charge in [0.2, 0.25) is 0 Å². The number of hydrogen-bond donors (Lipinski definition) is 1. The van der Waals surface area contributed by atoms with Crippen LogP contribution in [0.3, 0.4) is 0 Å². The largest absolute Gasteiger partial charge is 0.396 e. The molecule has 2 unspecified atom stereocenters. The third-order valence-corrected chi connectivity index (χ3v) is 2.49. The first-order chi connectivity index (χ1) is 5.58. The molecule has 1 heterocycles. The van der Waals surface area contributed by atoms with Gasteiger partial charge in [-0.25, -0.2) is 0 Å². The molecule has 2 heteroatoms. The molecule has 1 aliphatic heterocycles. The van der Waals surface area contributed by atoms with Crippen LogP contribution in [0, 0.1) is 5.92 Å². The molecule has 2 nitrogen and oxygen atoms in total. The monoisotopic (exact) mass is 170 g/mol. The van der Waals surface area contributed by atoms with E-state index in [-0.39, 0.29) is 18.1 Å². The third kappa shape index (κ3) is 2.32. The Morgan fingerprint density at radius 3 is 2.58 bits per heavy atom. The predicted molar refractivity (Wildman–Crippen MR) is 49.0 cm³/mol. The normalized spacial score (nSPS) is 29.7. The first-order valence-electron chi connectivity index (χ1n) is 4.46. The van der Waals surface area contributed by atoms with Gasteiger partial charge in [-0.15, -0.1) is 0 Å². The number of epoxide rings is 1. The quantitative estimate of drug-likeness (QED) is 0.515. The molecule has 70 valence electrons. The molecule has 0 amide bonds. The summed E-state index contributed by atoms with van der Waals surface area (Å²) >= 11 is 0. The highest BCUT2D eigenvalue weighted by Crippen LogP contribution is 2.36. The van der Waals surface area contributed by atoms with Crippen LogP contribution >= 0.6 is 0 Å². The van der Waals surface area contributed by atoms with Crippen LogP contribution in [-0.2, 0) is 4.74 Å². The van der Waals surface area contributed by atoms with Gasteiger partial charge < -0.3 is 9.84 Å². The summed E-state index contributed by atoms with van der Waals surface area (Å²) in [6.45, 7) is 7.23. The second kappa shape index (κ2) is 3.58. The van der Waals surface area contributed by atoms with E-state index in [2.05, 4.69) is 26.8 Å². The zero-order chi connectivity index (χ0) is 9.19. The van der Waals surface area contributed by atoms with Crippen LogP contribution in [0.15, 0.2) is 11.6 Å². The zero-order valence-corrected chi connectivity index (χ0v) is 8.13. The molecule has 0 radical (unpaired) electrons. The number of hydrogen-bond acceptors (Lipinski definition) is 2. The maximum Gasteiger partial charge on any atom is 0.0941 e. The fraction of sp³-hybridized carbons (Fsp3) is 0.800. The van der Waals surface area contributed by atoms with E-state index in [1.165, 1.54) is 5.57 Å². The highest BCUT2D eigenvalue weighted by atomic mass is 16.6. The molecule has 0 aromatic rings. The van der Waals surface area contributed by atoms with Gasteiger partial charge in [-0.05, 0) is 27.2 Å². The average molecular weight is 170 g/mol. The minimum Gasteiger partial charge on any atom is -0.396 e. The minimum atomic E-state index is -0.0410. The van der Waals surface area contributed by atoms with E-state index >= 15 is 0 Å². The Labute approximate surface area is 74.2 Å². The third-order valence-electron chi connectivity index (χ3n) is 2.49. The first kappa shape index (κ1) is 9.75. The van der Waals surface area contributed by atoms with Crippen molar-refractivity contribution < 1.29 is 9.84 Å². The Hall–Kier alpha value is -0.340. The van der Waals surface area contributed by atoms with Crippen molar-refractivity contribution in [2.75, 3.05) is 13.2 Å². The lowest BCUT2D eigenvalue weighted by molar-refractivity contribution is 0.147. The number of aliphatic hydroxyl groups excluding tert-OH is 1. The fourth-order valence-electron chi connectivity index (χ4n) is 1.24. The van der Waals surface area contributed by atoms with E-state index in [4.69, 9.17) is 9.84 Å². The van der Waals surface area contributed by atoms with Crippen LogP contribution in [-0.4, -0.2) is 23.9 Å². The molecule has 0 aromatic carbocycles. The van der Waals surface area contributed by atoms with Gasteiger partial charge in [0.25, 0.3) is 0 Å². The number of aliphatic hydroxyl groups is 1. The van der Waals surface area contributed by atoms with E-state index in [1.807, 2.05) is 0 Å². The van der Waals surface area contributed by atoms with Crippen LogP contribution in [0.25, 0.3) is 0 Å². The van der Waals surface area contributed by atoms with Crippen molar-refractivity contribution in [2.24, 2.45) is 5.92 Å². The fourth-order valence-corrected chi connectivity index (χ4v) is 1.24. The molecule has 1 rings (SSSR count). The summed E-state index contributed by atoms with van der Waals surface area (Å²) in [5, 5.41) is 9.11. The van der Waals surface area contributed by atoms with Crippen molar-refractivity contribution in [2.45, 2.75) is 32.8 Å². The summed E-state index contributed by atoms with van der Waals surface area (Å²) in [6.07, 6.45) is 3.09. The molecule has 0 saturated carbocycles. The molecule has 0 aromatic heterocycles. The maximum atomic E-state index is 9.11. The summed E-state index contributed by atoms with van der Waals surface area (Å²) in [7, 11) is 0. The van der Waals surface area contributed by atoms with Crippen molar-refractivity contribution >= 4 is 0 Å². The first-order valence-corrected chi connectivity index (χ1v) is 4.46. The summed E-state index contributed by atoms with van der Waals surface area (Å²) in [6, 6.07) is 0. The van der Waals surface area contributed by atoms with Crippen molar-refractivity contribution in [3.63, 3.8) is 0 Å². The van der Waals surface area contributed by atoms with Gasteiger partial charge in [0.05, 0.1) is 12.2 Å². The predicted octanol–water partition coefficient (Wildman–Crippen LogP) is 1.74. The Balaban J connectivity index is 2.41. The highest BCUT2D eigenvalue weighted by molar-refractivity contribution is 5.01. The molecular formula is C10H18O2. The van der Waals surface area contributed by atoms with E-state index < -0.39 is 0 Å². The van der Waals surface area contributed by atoms with E-state index in [0.717, 1.165) is 13.0 Å². The lowest BCUT2D eigenvalue weighted by Gasteiger charge is -2.16. The summed E-state index contributed by atoms with van der Waals surface area (Å²) in [5.41, 5.74) is 1.26. The van der Waals surface area contributed by atoms with Gasteiger partial charge in [-0.1, -0.05) is 11.6 Å². The number of rotatable bonds is 4. The standard InChI is InChI=1S/C10H18O2/c1-8(2)4-5-9(6-11)10(3)7-12-10/h4,9,11H,5-7H2,1-3H3. The van der Waals surface area contributed by atoms with Crippen molar-refractivity contribution in [3.8, 4) is 0 Å². The van der Waals surface area contributed by atoms with Crippen LogP contribution in [0.2, 0.25) is 0 Å². The highest BCUT2D eigenvalue weighted by Gasteiger charge is 2.45. The lowest BCUT2D eigenvalue weighted by Crippen LogP contribution is -2.23. The van der Waals surface area contributed by atoms with Crippen molar-refractivity contribution in [1.82, 2.24) is 0 Å². The molecule has 1 aliphatic rings. The molecule has 0 aliphatic carbocycles. The zero-order valence-electron chi connectivity index (χ0n) is 8.13. The Bertz CT molecular complexity index is 176. The van der Waals surface area contributed by atoms with Gasteiger partial charge in [0.15, 0.2) is 0 Å². The number of ether oxygens (including phenoxy) is 1. The summed E-state index contributed by atoms with van der Waals surface area (Å²) in [5.74, 6) is 0.271. The van der Waals surface area contributed by atoms with Gasteiger partial charge in [0.1, 0.15) is 0 Å². The SMILES string of the molecule is CC(C)=CCC(CO)C1(C)CO1. The second-order valence-corrected chi connectivity index (χ2v) is 4.00.